The van der Waals surface area contributed by atoms with Crippen molar-refractivity contribution >= 4 is 11.6 Å². The Hall–Kier alpha value is -1.42. The van der Waals surface area contributed by atoms with Gasteiger partial charge in [0.2, 0.25) is 0 Å². The molecule has 0 amide bonds. The lowest BCUT2D eigenvalue weighted by Crippen LogP contribution is -2.48. The maximum atomic E-state index is 11.6. The summed E-state index contributed by atoms with van der Waals surface area (Å²) in [6.45, 7) is 6.48. The zero-order valence-electron chi connectivity index (χ0n) is 11.0. The second-order valence-corrected chi connectivity index (χ2v) is 4.74. The second-order valence-electron chi connectivity index (χ2n) is 4.74. The first kappa shape index (κ1) is 13.0. The third kappa shape index (κ3) is 3.53. The molecule has 2 rings (SSSR count). The minimum Gasteiger partial charge on any atom is -0.354 e. The Bertz CT molecular complexity index is 372. The molecule has 0 atom stereocenters. The number of anilines is 1. The number of ketones is 1. The van der Waals surface area contributed by atoms with E-state index < -0.39 is 0 Å². The van der Waals surface area contributed by atoms with E-state index in [1.807, 2.05) is 24.4 Å². The molecule has 0 radical (unpaired) electrons. The van der Waals surface area contributed by atoms with Gasteiger partial charge >= 0.3 is 0 Å². The molecule has 0 saturated carbocycles. The molecule has 0 aliphatic carbocycles. The quantitative estimate of drug-likeness (QED) is 0.791. The number of carbonyl (C=O) groups excluding carboxylic acids is 1. The number of nitrogens with zero attached hydrogens (tertiary/aromatic N) is 3. The van der Waals surface area contributed by atoms with Crippen LogP contribution in [0.25, 0.3) is 0 Å². The molecule has 0 bridgehead atoms. The SMILES string of the molecule is CCCC(=O)CN1CCN(c2ccccn2)CC1. The van der Waals surface area contributed by atoms with Crippen LogP contribution < -0.4 is 4.90 Å². The van der Waals surface area contributed by atoms with E-state index in [1.54, 1.807) is 0 Å². The van der Waals surface area contributed by atoms with Crippen LogP contribution in [0, 0.1) is 0 Å². The van der Waals surface area contributed by atoms with Gasteiger partial charge in [-0.15, -0.1) is 0 Å². The standard InChI is InChI=1S/C14H21N3O/c1-2-5-13(18)12-16-8-10-17(11-9-16)14-6-3-4-7-15-14/h3-4,6-7H,2,5,8-12H2,1H3. The van der Waals surface area contributed by atoms with Gasteiger partial charge in [-0.1, -0.05) is 13.0 Å². The molecule has 1 saturated heterocycles. The summed E-state index contributed by atoms with van der Waals surface area (Å²) in [5, 5.41) is 0. The summed E-state index contributed by atoms with van der Waals surface area (Å²) in [6, 6.07) is 5.99. The Kier molecular flexibility index (Phi) is 4.70. The fraction of sp³-hybridized carbons (Fsp3) is 0.571. The van der Waals surface area contributed by atoms with Crippen molar-refractivity contribution in [3.05, 3.63) is 24.4 Å². The maximum absolute atomic E-state index is 11.6. The molecule has 0 spiro atoms. The van der Waals surface area contributed by atoms with Gasteiger partial charge in [-0.05, 0) is 18.6 Å². The highest BCUT2D eigenvalue weighted by Crippen LogP contribution is 2.12. The highest BCUT2D eigenvalue weighted by atomic mass is 16.1. The third-order valence-corrected chi connectivity index (χ3v) is 3.27. The molecule has 1 fully saturated rings. The fourth-order valence-electron chi connectivity index (χ4n) is 2.28. The summed E-state index contributed by atoms with van der Waals surface area (Å²) in [4.78, 5) is 20.5. The van der Waals surface area contributed by atoms with Crippen LogP contribution in [-0.4, -0.2) is 48.4 Å². The first-order chi connectivity index (χ1) is 8.79. The lowest BCUT2D eigenvalue weighted by atomic mass is 10.2. The molecule has 1 aliphatic heterocycles. The van der Waals surface area contributed by atoms with Crippen molar-refractivity contribution in [2.75, 3.05) is 37.6 Å². The topological polar surface area (TPSA) is 36.4 Å². The van der Waals surface area contributed by atoms with Crippen LogP contribution in [0.5, 0.6) is 0 Å². The summed E-state index contributed by atoms with van der Waals surface area (Å²) >= 11 is 0. The van der Waals surface area contributed by atoms with E-state index >= 15 is 0 Å². The third-order valence-electron chi connectivity index (χ3n) is 3.27. The molecule has 4 nitrogen and oxygen atoms in total. The highest BCUT2D eigenvalue weighted by molar-refractivity contribution is 5.80. The molecule has 4 heteroatoms. The van der Waals surface area contributed by atoms with Gasteiger partial charge in [0.05, 0.1) is 6.54 Å². The average molecular weight is 247 g/mol. The lowest BCUT2D eigenvalue weighted by molar-refractivity contribution is -0.120. The van der Waals surface area contributed by atoms with Crippen LogP contribution in [0.4, 0.5) is 5.82 Å². The van der Waals surface area contributed by atoms with Gasteiger partial charge in [0.25, 0.3) is 0 Å². The summed E-state index contributed by atoms with van der Waals surface area (Å²) in [7, 11) is 0. The van der Waals surface area contributed by atoms with Crippen LogP contribution in [0.15, 0.2) is 24.4 Å². The smallest absolute Gasteiger partial charge is 0.146 e. The number of rotatable bonds is 5. The Labute approximate surface area is 109 Å². The van der Waals surface area contributed by atoms with Crippen LogP contribution in [-0.2, 0) is 4.79 Å². The molecule has 0 N–H and O–H groups in total. The number of aromatic nitrogens is 1. The average Bonchev–Trinajstić information content (AvgIpc) is 2.41. The fourth-order valence-corrected chi connectivity index (χ4v) is 2.28. The predicted molar refractivity (Wildman–Crippen MR) is 72.8 cm³/mol. The molecule has 0 unspecified atom stereocenters. The van der Waals surface area contributed by atoms with Crippen molar-refractivity contribution in [2.24, 2.45) is 0 Å². The molecule has 18 heavy (non-hydrogen) atoms. The monoisotopic (exact) mass is 247 g/mol. The van der Waals surface area contributed by atoms with Gasteiger partial charge < -0.3 is 4.90 Å². The molecule has 1 aromatic rings. The van der Waals surface area contributed by atoms with E-state index in [2.05, 4.69) is 21.7 Å². The van der Waals surface area contributed by atoms with E-state index in [1.165, 1.54) is 0 Å². The molecule has 1 aliphatic rings. The summed E-state index contributed by atoms with van der Waals surface area (Å²) in [6.07, 6.45) is 3.49. The first-order valence-corrected chi connectivity index (χ1v) is 6.69. The minimum absolute atomic E-state index is 0.365. The zero-order chi connectivity index (χ0) is 12.8. The van der Waals surface area contributed by atoms with Crippen molar-refractivity contribution in [1.82, 2.24) is 9.88 Å². The van der Waals surface area contributed by atoms with Crippen LogP contribution in [0.1, 0.15) is 19.8 Å². The summed E-state index contributed by atoms with van der Waals surface area (Å²) < 4.78 is 0. The maximum Gasteiger partial charge on any atom is 0.146 e. The van der Waals surface area contributed by atoms with Crippen molar-refractivity contribution in [1.29, 1.82) is 0 Å². The molecule has 1 aromatic heterocycles. The highest BCUT2D eigenvalue weighted by Gasteiger charge is 2.19. The van der Waals surface area contributed by atoms with Gasteiger partial charge in [0, 0.05) is 38.8 Å². The van der Waals surface area contributed by atoms with E-state index in [4.69, 9.17) is 0 Å². The van der Waals surface area contributed by atoms with Crippen molar-refractivity contribution in [3.8, 4) is 0 Å². The van der Waals surface area contributed by atoms with Crippen molar-refractivity contribution in [3.63, 3.8) is 0 Å². The minimum atomic E-state index is 0.365. The lowest BCUT2D eigenvalue weighted by Gasteiger charge is -2.34. The van der Waals surface area contributed by atoms with Crippen LogP contribution in [0.2, 0.25) is 0 Å². The second kappa shape index (κ2) is 6.50. The van der Waals surface area contributed by atoms with E-state index in [0.717, 1.165) is 38.4 Å². The Morgan fingerprint density at radius 3 is 2.67 bits per heavy atom. The number of hydrogen-bond acceptors (Lipinski definition) is 4. The number of piperazine rings is 1. The summed E-state index contributed by atoms with van der Waals surface area (Å²) in [5.74, 6) is 1.40. The number of hydrogen-bond donors (Lipinski definition) is 0. The first-order valence-electron chi connectivity index (χ1n) is 6.69. The van der Waals surface area contributed by atoms with Crippen LogP contribution in [0.3, 0.4) is 0 Å². The molecule has 98 valence electrons. The number of Topliss-reactive ketones (excluding diaryl/α,β-unsaturated/α-hetero) is 1. The van der Waals surface area contributed by atoms with Gasteiger partial charge in [-0.25, -0.2) is 4.98 Å². The summed E-state index contributed by atoms with van der Waals surface area (Å²) in [5.41, 5.74) is 0. The van der Waals surface area contributed by atoms with Gasteiger partial charge in [-0.3, -0.25) is 9.69 Å². The van der Waals surface area contributed by atoms with E-state index in [9.17, 15) is 4.79 Å². The normalized spacial score (nSPS) is 16.8. The van der Waals surface area contributed by atoms with Gasteiger partial charge in [0.15, 0.2) is 0 Å². The Morgan fingerprint density at radius 2 is 2.06 bits per heavy atom. The van der Waals surface area contributed by atoms with Gasteiger partial charge in [-0.2, -0.15) is 0 Å². The number of pyridine rings is 1. The van der Waals surface area contributed by atoms with Crippen LogP contribution >= 0.6 is 0 Å². The molecule has 2 heterocycles. The zero-order valence-corrected chi connectivity index (χ0v) is 11.0. The Balaban J connectivity index is 1.80. The predicted octanol–water partition coefficient (Wildman–Crippen LogP) is 1.57. The molecular weight excluding hydrogens is 226 g/mol. The van der Waals surface area contributed by atoms with E-state index in [-0.39, 0.29) is 0 Å². The Morgan fingerprint density at radius 1 is 1.28 bits per heavy atom. The molecule has 0 aromatic carbocycles. The van der Waals surface area contributed by atoms with Crippen molar-refractivity contribution in [2.45, 2.75) is 19.8 Å². The van der Waals surface area contributed by atoms with Crippen molar-refractivity contribution < 1.29 is 4.79 Å². The van der Waals surface area contributed by atoms with Gasteiger partial charge in [0.1, 0.15) is 11.6 Å². The van der Waals surface area contributed by atoms with E-state index in [0.29, 0.717) is 18.7 Å². The largest absolute Gasteiger partial charge is 0.354 e. The number of carbonyl (C=O) groups is 1. The molecular formula is C14H21N3O.